The average molecular weight is 909 g/mol. The van der Waals surface area contributed by atoms with Gasteiger partial charge in [0.15, 0.2) is 6.10 Å². The first-order chi connectivity index (χ1) is 32.0. The fourth-order valence-electron chi connectivity index (χ4n) is 7.89. The summed E-state index contributed by atoms with van der Waals surface area (Å²) >= 11 is 0. The van der Waals surface area contributed by atoms with Gasteiger partial charge in [-0.3, -0.25) is 14.4 Å². The van der Waals surface area contributed by atoms with Crippen LogP contribution >= 0.6 is 0 Å². The second kappa shape index (κ2) is 53.7. The average Bonchev–Trinajstić information content (AvgIpc) is 3.30. The first kappa shape index (κ1) is 62.1. The maximum Gasteiger partial charge on any atom is 0.306 e. The van der Waals surface area contributed by atoms with Crippen molar-refractivity contribution in [3.63, 3.8) is 0 Å². The van der Waals surface area contributed by atoms with Gasteiger partial charge in [-0.2, -0.15) is 0 Å². The highest BCUT2D eigenvalue weighted by Crippen LogP contribution is 2.16. The third-order valence-corrected chi connectivity index (χ3v) is 12.0. The van der Waals surface area contributed by atoms with E-state index < -0.39 is 6.10 Å². The second-order valence-electron chi connectivity index (χ2n) is 18.5. The molecular weight excluding hydrogens is 805 g/mol. The minimum atomic E-state index is -0.793. The Balaban J connectivity index is 4.41. The number of unbranched alkanes of at least 4 members (excludes halogenated alkanes) is 29. The van der Waals surface area contributed by atoms with Crippen molar-refractivity contribution in [3.05, 3.63) is 60.8 Å². The van der Waals surface area contributed by atoms with Crippen LogP contribution in [0.3, 0.4) is 0 Å². The van der Waals surface area contributed by atoms with E-state index in [0.717, 1.165) is 77.0 Å². The van der Waals surface area contributed by atoms with Crippen LogP contribution in [0.1, 0.15) is 278 Å². The first-order valence-corrected chi connectivity index (χ1v) is 27.8. The molecule has 65 heavy (non-hydrogen) atoms. The Morgan fingerprint density at radius 1 is 0.323 bits per heavy atom. The lowest BCUT2D eigenvalue weighted by molar-refractivity contribution is -0.167. The van der Waals surface area contributed by atoms with E-state index in [-0.39, 0.29) is 37.5 Å². The van der Waals surface area contributed by atoms with Crippen LogP contribution in [0.5, 0.6) is 0 Å². The normalized spacial score (nSPS) is 12.5. The Bertz CT molecular complexity index is 1180. The number of hydrogen-bond donors (Lipinski definition) is 0. The van der Waals surface area contributed by atoms with E-state index in [1.54, 1.807) is 0 Å². The van der Waals surface area contributed by atoms with Gasteiger partial charge in [0, 0.05) is 19.3 Å². The van der Waals surface area contributed by atoms with Gasteiger partial charge >= 0.3 is 17.9 Å². The Kier molecular flexibility index (Phi) is 51.3. The lowest BCUT2D eigenvalue weighted by Crippen LogP contribution is -2.30. The lowest BCUT2D eigenvalue weighted by atomic mass is 10.0. The summed E-state index contributed by atoms with van der Waals surface area (Å²) in [6.45, 7) is 6.50. The lowest BCUT2D eigenvalue weighted by Gasteiger charge is -2.18. The summed E-state index contributed by atoms with van der Waals surface area (Å²) in [4.78, 5) is 38.1. The largest absolute Gasteiger partial charge is 0.462 e. The molecule has 0 spiro atoms. The van der Waals surface area contributed by atoms with Crippen molar-refractivity contribution in [2.45, 2.75) is 284 Å². The number of esters is 3. The van der Waals surface area contributed by atoms with Gasteiger partial charge in [-0.25, -0.2) is 0 Å². The third kappa shape index (κ3) is 51.9. The zero-order chi connectivity index (χ0) is 47.2. The van der Waals surface area contributed by atoms with E-state index in [9.17, 15) is 14.4 Å². The molecule has 0 radical (unpaired) electrons. The summed E-state index contributed by atoms with van der Waals surface area (Å²) in [5.41, 5.74) is 0. The highest BCUT2D eigenvalue weighted by Gasteiger charge is 2.19. The summed E-state index contributed by atoms with van der Waals surface area (Å²) in [5, 5.41) is 0. The minimum absolute atomic E-state index is 0.0878. The van der Waals surface area contributed by atoms with Crippen LogP contribution in [0.25, 0.3) is 0 Å². The van der Waals surface area contributed by atoms with Gasteiger partial charge in [0.1, 0.15) is 13.2 Å². The van der Waals surface area contributed by atoms with Gasteiger partial charge in [-0.15, -0.1) is 0 Å². The fourth-order valence-corrected chi connectivity index (χ4v) is 7.89. The number of carbonyl (C=O) groups excluding carboxylic acids is 3. The summed E-state index contributed by atoms with van der Waals surface area (Å²) in [6, 6.07) is 0. The van der Waals surface area contributed by atoms with Crippen LogP contribution in [0.2, 0.25) is 0 Å². The van der Waals surface area contributed by atoms with E-state index in [1.165, 1.54) is 154 Å². The van der Waals surface area contributed by atoms with Crippen LogP contribution in [0.4, 0.5) is 0 Å². The Morgan fingerprint density at radius 3 is 0.938 bits per heavy atom. The molecule has 0 unspecified atom stereocenters. The van der Waals surface area contributed by atoms with E-state index >= 15 is 0 Å². The van der Waals surface area contributed by atoms with E-state index in [1.807, 2.05) is 0 Å². The molecule has 0 aromatic carbocycles. The molecular formula is C59H104O6. The Hall–Kier alpha value is -2.89. The molecule has 0 rings (SSSR count). The van der Waals surface area contributed by atoms with Crippen molar-refractivity contribution < 1.29 is 28.6 Å². The van der Waals surface area contributed by atoms with Crippen LogP contribution in [-0.4, -0.2) is 37.2 Å². The summed E-state index contributed by atoms with van der Waals surface area (Å²) < 4.78 is 16.8. The minimum Gasteiger partial charge on any atom is -0.462 e. The number of rotatable bonds is 50. The van der Waals surface area contributed by atoms with E-state index in [4.69, 9.17) is 14.2 Å². The van der Waals surface area contributed by atoms with Crippen molar-refractivity contribution in [2.75, 3.05) is 13.2 Å². The van der Waals surface area contributed by atoms with Crippen molar-refractivity contribution in [3.8, 4) is 0 Å². The molecule has 0 heterocycles. The fraction of sp³-hybridized carbons (Fsp3) is 0.780. The van der Waals surface area contributed by atoms with Gasteiger partial charge in [0.25, 0.3) is 0 Å². The Morgan fingerprint density at radius 2 is 0.600 bits per heavy atom. The smallest absolute Gasteiger partial charge is 0.306 e. The molecule has 376 valence electrons. The molecule has 0 aliphatic heterocycles. The van der Waals surface area contributed by atoms with Gasteiger partial charge in [-0.05, 0) is 57.8 Å². The molecule has 0 bridgehead atoms. The molecule has 0 aromatic heterocycles. The number of ether oxygens (including phenoxy) is 3. The maximum absolute atomic E-state index is 12.8. The van der Waals surface area contributed by atoms with Crippen molar-refractivity contribution >= 4 is 17.9 Å². The quantitative estimate of drug-likeness (QED) is 0.0262. The third-order valence-electron chi connectivity index (χ3n) is 12.0. The number of carbonyl (C=O) groups is 3. The predicted octanol–water partition coefficient (Wildman–Crippen LogP) is 18.4. The van der Waals surface area contributed by atoms with Gasteiger partial charge in [0.2, 0.25) is 0 Å². The van der Waals surface area contributed by atoms with E-state index in [2.05, 4.69) is 81.5 Å². The van der Waals surface area contributed by atoms with E-state index in [0.29, 0.717) is 19.3 Å². The summed E-state index contributed by atoms with van der Waals surface area (Å²) in [7, 11) is 0. The molecule has 6 heteroatoms. The predicted molar refractivity (Wildman–Crippen MR) is 279 cm³/mol. The van der Waals surface area contributed by atoms with Crippen molar-refractivity contribution in [1.82, 2.24) is 0 Å². The maximum atomic E-state index is 12.8. The van der Waals surface area contributed by atoms with Crippen LogP contribution in [0.15, 0.2) is 60.8 Å². The van der Waals surface area contributed by atoms with Gasteiger partial charge < -0.3 is 14.2 Å². The zero-order valence-electron chi connectivity index (χ0n) is 43.0. The molecule has 0 saturated heterocycles. The van der Waals surface area contributed by atoms with Crippen molar-refractivity contribution in [1.29, 1.82) is 0 Å². The molecule has 0 aromatic rings. The topological polar surface area (TPSA) is 78.9 Å². The number of hydrogen-bond acceptors (Lipinski definition) is 6. The highest BCUT2D eigenvalue weighted by atomic mass is 16.6. The molecule has 0 N–H and O–H groups in total. The summed E-state index contributed by atoms with van der Waals surface area (Å²) in [6.07, 6.45) is 66.4. The van der Waals surface area contributed by atoms with Crippen LogP contribution < -0.4 is 0 Å². The molecule has 1 atom stereocenters. The van der Waals surface area contributed by atoms with Gasteiger partial charge in [0.05, 0.1) is 0 Å². The highest BCUT2D eigenvalue weighted by molar-refractivity contribution is 5.71. The molecule has 0 aliphatic rings. The molecule has 0 fully saturated rings. The number of allylic oxidation sites excluding steroid dienone is 10. The SMILES string of the molecule is CC/C=C\C/C=C\C/C=C\C/C=C\C/C=C\CCCC(=O)OC[C@H](COC(=O)CCCCCCCCCCCCCCCCCCC)OC(=O)CCCCCCCCCCCCCCC. The van der Waals surface area contributed by atoms with Crippen molar-refractivity contribution in [2.24, 2.45) is 0 Å². The first-order valence-electron chi connectivity index (χ1n) is 27.8. The monoisotopic (exact) mass is 909 g/mol. The van der Waals surface area contributed by atoms with Crippen LogP contribution in [0, 0.1) is 0 Å². The molecule has 0 aliphatic carbocycles. The Labute approximate surface area is 402 Å². The standard InChI is InChI=1S/C59H104O6/c1-4-7-10-13-16-19-22-25-27-29-31-34-36-39-42-45-48-51-57(60)63-54-56(65-59(62)53-50-47-44-41-38-33-24-21-18-15-12-9-6-3)55-64-58(61)52-49-46-43-40-37-35-32-30-28-26-23-20-17-14-11-8-5-2/h7,10,16,19,25,27,31,34,39,42,56H,4-6,8-9,11-15,17-18,20-24,26,28-30,32-33,35-38,40-41,43-55H2,1-3H3/b10-7-,19-16-,27-25-,34-31-,42-39-/t56-/m1/s1. The molecule has 0 amide bonds. The zero-order valence-corrected chi connectivity index (χ0v) is 43.0. The second-order valence-corrected chi connectivity index (χ2v) is 18.5. The molecule has 0 saturated carbocycles. The molecule has 6 nitrogen and oxygen atoms in total. The van der Waals surface area contributed by atoms with Crippen LogP contribution in [-0.2, 0) is 28.6 Å². The van der Waals surface area contributed by atoms with Gasteiger partial charge in [-0.1, -0.05) is 261 Å². The summed E-state index contributed by atoms with van der Waals surface area (Å²) in [5.74, 6) is -0.937.